The molecule has 1 aromatic carbocycles. The zero-order chi connectivity index (χ0) is 25.0. The summed E-state index contributed by atoms with van der Waals surface area (Å²) in [5.74, 6) is -1.74. The number of aliphatic hydroxyl groups is 1. The van der Waals surface area contributed by atoms with Gasteiger partial charge in [0.15, 0.2) is 0 Å². The van der Waals surface area contributed by atoms with Crippen LogP contribution in [0.2, 0.25) is 0 Å². The van der Waals surface area contributed by atoms with Gasteiger partial charge >= 0.3 is 5.97 Å². The molecule has 1 fully saturated rings. The fourth-order valence-corrected chi connectivity index (χ4v) is 7.13. The van der Waals surface area contributed by atoms with E-state index in [9.17, 15) is 24.8 Å². The van der Waals surface area contributed by atoms with Gasteiger partial charge in [0.25, 0.3) is 5.69 Å². The number of amides is 1. The standard InChI is InChI=1S/C23H22N4O6S2/c1-11-16(20-22(34-3)25-10-24-8-15(25)35-20)19(26-18(11)17(12(2)28)21(26)29)23(30)33-9-13-4-6-14(7-5-13)27(31)32/h4-8,10-12,17-18,28H,9H2,1-3H3/t11-,12+,17+,18+/m0/s1. The van der Waals surface area contributed by atoms with Gasteiger partial charge in [0.1, 0.15) is 23.5 Å². The topological polar surface area (TPSA) is 127 Å². The minimum atomic E-state index is -0.842. The molecular formula is C23H22N4O6S2. The first kappa shape index (κ1) is 23.5. The Morgan fingerprint density at radius 3 is 2.71 bits per heavy atom. The normalized spacial score (nSPS) is 22.3. The van der Waals surface area contributed by atoms with Crippen molar-refractivity contribution in [2.24, 2.45) is 11.8 Å². The van der Waals surface area contributed by atoms with Crippen LogP contribution in [0.5, 0.6) is 0 Å². The summed E-state index contributed by atoms with van der Waals surface area (Å²) in [5.41, 5.74) is 1.45. The number of β-lactam (4-membered cyclic amide) rings is 1. The van der Waals surface area contributed by atoms with Gasteiger partial charge in [-0.2, -0.15) is 0 Å². The molecule has 4 heterocycles. The molecule has 10 nitrogen and oxygen atoms in total. The first-order valence-corrected chi connectivity index (χ1v) is 12.9. The average molecular weight is 515 g/mol. The smallest absolute Gasteiger partial charge is 0.355 e. The summed E-state index contributed by atoms with van der Waals surface area (Å²) in [5, 5.41) is 22.0. The number of esters is 1. The number of fused-ring (bicyclic) bond motifs is 2. The highest BCUT2D eigenvalue weighted by Crippen LogP contribution is 2.53. The summed E-state index contributed by atoms with van der Waals surface area (Å²) in [6.45, 7) is 3.45. The van der Waals surface area contributed by atoms with Gasteiger partial charge in [0, 0.05) is 23.6 Å². The summed E-state index contributed by atoms with van der Waals surface area (Å²) in [7, 11) is 0. The first-order valence-electron chi connectivity index (χ1n) is 10.9. The Labute approximate surface area is 208 Å². The SMILES string of the molecule is CSc1c(C2=C(C(=O)OCc3ccc([N+](=O)[O-])cc3)N3C(=O)[C@H]([C@@H](C)O)[C@H]3[C@H]2C)sc2cncn12. The third-order valence-corrected chi connectivity index (χ3v) is 8.59. The van der Waals surface area contributed by atoms with Gasteiger partial charge in [0.2, 0.25) is 5.91 Å². The highest BCUT2D eigenvalue weighted by atomic mass is 32.2. The van der Waals surface area contributed by atoms with E-state index in [1.807, 2.05) is 17.6 Å². The van der Waals surface area contributed by atoms with Crippen molar-refractivity contribution in [1.29, 1.82) is 0 Å². The zero-order valence-electron chi connectivity index (χ0n) is 19.1. The zero-order valence-corrected chi connectivity index (χ0v) is 20.7. The van der Waals surface area contributed by atoms with Crippen LogP contribution in [0.25, 0.3) is 10.4 Å². The average Bonchev–Trinajstić information content (AvgIpc) is 3.47. The summed E-state index contributed by atoms with van der Waals surface area (Å²) in [6.07, 6.45) is 4.56. The minimum Gasteiger partial charge on any atom is -0.456 e. The fraction of sp³-hybridized carbons (Fsp3) is 0.348. The van der Waals surface area contributed by atoms with Crippen LogP contribution in [0.15, 0.2) is 47.5 Å². The number of nitro benzene ring substituents is 1. The van der Waals surface area contributed by atoms with Crippen LogP contribution >= 0.6 is 23.1 Å². The predicted molar refractivity (Wildman–Crippen MR) is 130 cm³/mol. The summed E-state index contributed by atoms with van der Waals surface area (Å²) in [4.78, 5) is 44.3. The van der Waals surface area contributed by atoms with Crippen LogP contribution in [-0.4, -0.2) is 54.6 Å². The number of ether oxygens (including phenoxy) is 1. The van der Waals surface area contributed by atoms with Gasteiger partial charge in [-0.05, 0) is 30.9 Å². The molecule has 4 atom stereocenters. The second-order valence-corrected chi connectivity index (χ2v) is 10.4. The fourth-order valence-electron chi connectivity index (χ4n) is 4.92. The van der Waals surface area contributed by atoms with E-state index in [0.717, 1.165) is 20.3 Å². The lowest BCUT2D eigenvalue weighted by Gasteiger charge is -2.46. The lowest BCUT2D eigenvalue weighted by atomic mass is 9.77. The Hall–Kier alpha value is -3.22. The van der Waals surface area contributed by atoms with E-state index in [4.69, 9.17) is 4.74 Å². The molecule has 0 unspecified atom stereocenters. The molecule has 2 aliphatic rings. The largest absolute Gasteiger partial charge is 0.456 e. The molecule has 12 heteroatoms. The van der Waals surface area contributed by atoms with Crippen LogP contribution in [0, 0.1) is 22.0 Å². The summed E-state index contributed by atoms with van der Waals surface area (Å²) in [6, 6.07) is 5.41. The van der Waals surface area contributed by atoms with Gasteiger partial charge in [0.05, 0.1) is 39.1 Å². The summed E-state index contributed by atoms with van der Waals surface area (Å²) < 4.78 is 7.55. The number of non-ortho nitro benzene ring substituents is 1. The van der Waals surface area contributed by atoms with Gasteiger partial charge in [-0.15, -0.1) is 23.1 Å². The highest BCUT2D eigenvalue weighted by Gasteiger charge is 2.60. The number of nitro groups is 1. The van der Waals surface area contributed by atoms with E-state index < -0.39 is 22.9 Å². The second kappa shape index (κ2) is 8.77. The Morgan fingerprint density at radius 1 is 1.37 bits per heavy atom. The number of hydrogen-bond donors (Lipinski definition) is 1. The van der Waals surface area contributed by atoms with Crippen molar-refractivity contribution in [3.63, 3.8) is 0 Å². The highest BCUT2D eigenvalue weighted by molar-refractivity contribution is 7.98. The number of aliphatic hydroxyl groups excluding tert-OH is 1. The molecule has 1 N–H and O–H groups in total. The van der Waals surface area contributed by atoms with Crippen LogP contribution in [0.1, 0.15) is 24.3 Å². The maximum absolute atomic E-state index is 13.4. The van der Waals surface area contributed by atoms with Gasteiger partial charge in [-0.3, -0.25) is 19.3 Å². The number of benzene rings is 1. The number of carbonyl (C=O) groups is 2. The monoisotopic (exact) mass is 514 g/mol. The molecule has 35 heavy (non-hydrogen) atoms. The Balaban J connectivity index is 1.53. The number of aromatic nitrogens is 2. The maximum Gasteiger partial charge on any atom is 0.355 e. The number of nitrogens with zero attached hydrogens (tertiary/aromatic N) is 4. The lowest BCUT2D eigenvalue weighted by Crippen LogP contribution is -2.63. The molecule has 1 saturated heterocycles. The molecule has 2 aromatic heterocycles. The molecule has 3 aromatic rings. The van der Waals surface area contributed by atoms with Crippen LogP contribution < -0.4 is 0 Å². The van der Waals surface area contributed by atoms with Crippen molar-refractivity contribution in [3.05, 3.63) is 63.0 Å². The number of rotatable bonds is 7. The molecule has 0 radical (unpaired) electrons. The molecule has 2 aliphatic heterocycles. The van der Waals surface area contributed by atoms with Crippen LogP contribution in [0.4, 0.5) is 5.69 Å². The number of imidazole rings is 1. The maximum atomic E-state index is 13.4. The first-order chi connectivity index (χ1) is 16.7. The number of carbonyl (C=O) groups excluding carboxylic acids is 2. The Kier molecular flexibility index (Phi) is 5.90. The van der Waals surface area contributed by atoms with E-state index in [-0.39, 0.29) is 35.9 Å². The Bertz CT molecular complexity index is 1380. The number of hydrogen-bond acceptors (Lipinski definition) is 9. The molecule has 0 saturated carbocycles. The molecular weight excluding hydrogens is 492 g/mol. The molecule has 0 aliphatic carbocycles. The van der Waals surface area contributed by atoms with Crippen molar-refractivity contribution in [3.8, 4) is 0 Å². The third-order valence-electron chi connectivity index (χ3n) is 6.54. The van der Waals surface area contributed by atoms with Crippen molar-refractivity contribution in [2.75, 3.05) is 6.26 Å². The van der Waals surface area contributed by atoms with Crippen molar-refractivity contribution >= 4 is 51.1 Å². The van der Waals surface area contributed by atoms with Gasteiger partial charge < -0.3 is 14.7 Å². The van der Waals surface area contributed by atoms with Gasteiger partial charge in [-0.25, -0.2) is 9.78 Å². The number of thiazole rings is 1. The van der Waals surface area contributed by atoms with Crippen molar-refractivity contribution in [1.82, 2.24) is 14.3 Å². The van der Waals surface area contributed by atoms with Crippen LogP contribution in [-0.2, 0) is 20.9 Å². The Morgan fingerprint density at radius 2 is 2.09 bits per heavy atom. The van der Waals surface area contributed by atoms with Crippen LogP contribution in [0.3, 0.4) is 0 Å². The molecule has 1 amide bonds. The quantitative estimate of drug-likeness (QED) is 0.167. The molecule has 5 rings (SSSR count). The van der Waals surface area contributed by atoms with E-state index >= 15 is 0 Å². The van der Waals surface area contributed by atoms with E-state index in [0.29, 0.717) is 5.56 Å². The van der Waals surface area contributed by atoms with E-state index in [1.54, 1.807) is 19.4 Å². The van der Waals surface area contributed by atoms with Gasteiger partial charge in [-0.1, -0.05) is 6.92 Å². The third kappa shape index (κ3) is 3.63. The second-order valence-electron chi connectivity index (χ2n) is 8.56. The molecule has 0 bridgehead atoms. The molecule has 182 valence electrons. The number of thioether (sulfide) groups is 1. The molecule has 0 spiro atoms. The lowest BCUT2D eigenvalue weighted by molar-refractivity contribution is -0.384. The van der Waals surface area contributed by atoms with E-state index in [1.165, 1.54) is 52.3 Å². The van der Waals surface area contributed by atoms with Crippen molar-refractivity contribution < 1.29 is 24.4 Å². The predicted octanol–water partition coefficient (Wildman–Crippen LogP) is 3.34. The van der Waals surface area contributed by atoms with E-state index in [2.05, 4.69) is 4.98 Å². The minimum absolute atomic E-state index is 0.0546. The van der Waals surface area contributed by atoms with Crippen molar-refractivity contribution in [2.45, 2.75) is 37.6 Å². The summed E-state index contributed by atoms with van der Waals surface area (Å²) >= 11 is 3.01.